The predicted octanol–water partition coefficient (Wildman–Crippen LogP) is 1.32. The molecule has 3 rings (SSSR count). The second-order valence-electron chi connectivity index (χ2n) is 5.76. The van der Waals surface area contributed by atoms with Gasteiger partial charge in [-0.05, 0) is 26.2 Å². The summed E-state index contributed by atoms with van der Waals surface area (Å²) in [5, 5.41) is 0.761. The number of hydrogen-bond donors (Lipinski definition) is 2. The average molecular weight is 292 g/mol. The second kappa shape index (κ2) is 5.73. The van der Waals surface area contributed by atoms with Crippen molar-refractivity contribution < 1.29 is 8.81 Å². The van der Waals surface area contributed by atoms with Crippen LogP contribution in [0, 0.1) is 5.82 Å². The van der Waals surface area contributed by atoms with Crippen LogP contribution in [0.2, 0.25) is 0 Å². The lowest BCUT2D eigenvalue weighted by atomic mass is 10.0. The number of furan rings is 1. The Balaban J connectivity index is 1.95. The topological polar surface area (TPSA) is 57.7 Å². The van der Waals surface area contributed by atoms with E-state index in [9.17, 15) is 4.39 Å². The van der Waals surface area contributed by atoms with Crippen LogP contribution in [0.15, 0.2) is 28.7 Å². The highest BCUT2D eigenvalue weighted by atomic mass is 19.1. The Hall–Kier alpha value is -1.47. The molecule has 0 radical (unpaired) electrons. The van der Waals surface area contributed by atoms with Crippen LogP contribution in [-0.4, -0.2) is 49.6 Å². The molecule has 0 aliphatic carbocycles. The third-order valence-corrected chi connectivity index (χ3v) is 4.29. The fourth-order valence-corrected chi connectivity index (χ4v) is 2.99. The van der Waals surface area contributed by atoms with E-state index < -0.39 is 0 Å². The molecule has 1 aromatic carbocycles. The predicted molar refractivity (Wildman–Crippen MR) is 80.2 cm³/mol. The van der Waals surface area contributed by atoms with E-state index in [2.05, 4.69) is 29.3 Å². The van der Waals surface area contributed by atoms with Crippen LogP contribution >= 0.6 is 0 Å². The van der Waals surface area contributed by atoms with Gasteiger partial charge in [0.1, 0.15) is 5.76 Å². The van der Waals surface area contributed by atoms with Gasteiger partial charge < -0.3 is 9.32 Å². The number of fused-ring (bicyclic) bond motifs is 1. The molecule has 1 aliphatic rings. The van der Waals surface area contributed by atoms with Gasteiger partial charge in [-0.15, -0.1) is 0 Å². The molecule has 0 amide bonds. The van der Waals surface area contributed by atoms with E-state index in [1.54, 1.807) is 6.07 Å². The molecule has 2 heterocycles. The number of likely N-dealkylation sites (N-methyl/N-ethyl adjacent to an activating group) is 2. The van der Waals surface area contributed by atoms with Gasteiger partial charge in [0.05, 0.1) is 6.04 Å². The molecule has 1 aliphatic heterocycles. The number of nitrogens with two attached hydrogens (primary N) is 1. The number of rotatable bonds is 3. The molecular weight excluding hydrogens is 271 g/mol. The Morgan fingerprint density at radius 3 is 2.90 bits per heavy atom. The molecule has 0 spiro atoms. The Morgan fingerprint density at radius 1 is 1.38 bits per heavy atom. The minimum Gasteiger partial charge on any atom is -0.456 e. The highest BCUT2D eigenvalue weighted by Gasteiger charge is 2.32. The van der Waals surface area contributed by atoms with Gasteiger partial charge in [0.2, 0.25) is 0 Å². The minimum absolute atomic E-state index is 0.176. The number of halogens is 1. The van der Waals surface area contributed by atoms with Crippen LogP contribution in [0.3, 0.4) is 0 Å². The van der Waals surface area contributed by atoms with Crippen molar-refractivity contribution >= 4 is 11.0 Å². The first-order valence-corrected chi connectivity index (χ1v) is 7.13. The molecule has 21 heavy (non-hydrogen) atoms. The van der Waals surface area contributed by atoms with E-state index in [1.807, 2.05) is 12.1 Å². The van der Waals surface area contributed by atoms with E-state index in [-0.39, 0.29) is 17.9 Å². The number of piperazine rings is 1. The third kappa shape index (κ3) is 2.67. The van der Waals surface area contributed by atoms with Crippen molar-refractivity contribution in [3.63, 3.8) is 0 Å². The third-order valence-electron chi connectivity index (χ3n) is 4.29. The van der Waals surface area contributed by atoms with Crippen molar-refractivity contribution in [1.29, 1.82) is 0 Å². The van der Waals surface area contributed by atoms with Gasteiger partial charge in [-0.25, -0.2) is 9.82 Å². The smallest absolute Gasteiger partial charge is 0.169 e. The normalized spacial score (nSPS) is 22.8. The lowest BCUT2D eigenvalue weighted by Crippen LogP contribution is -2.55. The Kier molecular flexibility index (Phi) is 3.95. The van der Waals surface area contributed by atoms with Gasteiger partial charge in [-0.2, -0.15) is 0 Å². The number of benzene rings is 1. The SMILES string of the molecule is CN1CCN(C)C(C(NN)c2cc3cccc(F)c3o2)C1. The second-order valence-corrected chi connectivity index (χ2v) is 5.76. The fraction of sp³-hybridized carbons (Fsp3) is 0.467. The lowest BCUT2D eigenvalue weighted by Gasteiger charge is -2.40. The summed E-state index contributed by atoms with van der Waals surface area (Å²) in [4.78, 5) is 4.52. The molecule has 0 saturated carbocycles. The van der Waals surface area contributed by atoms with Gasteiger partial charge in [0.25, 0.3) is 0 Å². The van der Waals surface area contributed by atoms with E-state index in [0.29, 0.717) is 11.3 Å². The van der Waals surface area contributed by atoms with Crippen LogP contribution in [0.25, 0.3) is 11.0 Å². The summed E-state index contributed by atoms with van der Waals surface area (Å²) in [6, 6.07) is 6.80. The van der Waals surface area contributed by atoms with Gasteiger partial charge >= 0.3 is 0 Å². The van der Waals surface area contributed by atoms with Crippen LogP contribution in [0.1, 0.15) is 11.8 Å². The van der Waals surface area contributed by atoms with Crippen LogP contribution in [-0.2, 0) is 0 Å². The summed E-state index contributed by atoms with van der Waals surface area (Å²) in [6.07, 6.45) is 0. The van der Waals surface area contributed by atoms with Gasteiger partial charge in [0, 0.05) is 31.1 Å². The number of nitrogens with one attached hydrogen (secondary N) is 1. The fourth-order valence-electron chi connectivity index (χ4n) is 2.99. The zero-order chi connectivity index (χ0) is 15.0. The molecule has 6 heteroatoms. The Bertz CT molecular complexity index is 629. The number of hydrazine groups is 1. The van der Waals surface area contributed by atoms with E-state index in [1.165, 1.54) is 6.07 Å². The highest BCUT2D eigenvalue weighted by Crippen LogP contribution is 2.29. The van der Waals surface area contributed by atoms with Crippen molar-refractivity contribution in [2.24, 2.45) is 5.84 Å². The monoisotopic (exact) mass is 292 g/mol. The van der Waals surface area contributed by atoms with Crippen molar-refractivity contribution in [3.05, 3.63) is 35.8 Å². The first-order valence-electron chi connectivity index (χ1n) is 7.13. The van der Waals surface area contributed by atoms with Gasteiger partial charge in [-0.1, -0.05) is 12.1 Å². The zero-order valence-corrected chi connectivity index (χ0v) is 12.3. The lowest BCUT2D eigenvalue weighted by molar-refractivity contribution is 0.0820. The number of nitrogens with zero attached hydrogens (tertiary/aromatic N) is 2. The summed E-state index contributed by atoms with van der Waals surface area (Å²) < 4.78 is 19.5. The molecule has 2 aromatic rings. The quantitative estimate of drug-likeness (QED) is 0.660. The maximum Gasteiger partial charge on any atom is 0.169 e. The maximum absolute atomic E-state index is 13.8. The van der Waals surface area contributed by atoms with E-state index in [4.69, 9.17) is 10.3 Å². The van der Waals surface area contributed by atoms with Crippen molar-refractivity contribution in [3.8, 4) is 0 Å². The van der Waals surface area contributed by atoms with Crippen LogP contribution < -0.4 is 11.3 Å². The number of para-hydroxylation sites is 1. The van der Waals surface area contributed by atoms with Crippen molar-refractivity contribution in [2.45, 2.75) is 12.1 Å². The maximum atomic E-state index is 13.8. The number of hydrogen-bond acceptors (Lipinski definition) is 5. The molecule has 3 N–H and O–H groups in total. The van der Waals surface area contributed by atoms with E-state index >= 15 is 0 Å². The summed E-state index contributed by atoms with van der Waals surface area (Å²) in [6.45, 7) is 2.87. The van der Waals surface area contributed by atoms with Crippen LogP contribution in [0.5, 0.6) is 0 Å². The summed E-state index contributed by atoms with van der Waals surface area (Å²) in [7, 11) is 4.16. The minimum atomic E-state index is -0.344. The Labute approximate surface area is 123 Å². The largest absolute Gasteiger partial charge is 0.456 e. The molecule has 1 fully saturated rings. The van der Waals surface area contributed by atoms with Gasteiger partial charge in [0.15, 0.2) is 11.4 Å². The highest BCUT2D eigenvalue weighted by molar-refractivity contribution is 5.78. The molecule has 2 atom stereocenters. The standard InChI is InChI=1S/C15H21FN4O/c1-19-6-7-20(2)12(9-19)14(18-17)13-8-10-4-3-5-11(16)15(10)21-13/h3-5,8,12,14,18H,6-7,9,17H2,1-2H3. The molecule has 2 unspecified atom stereocenters. The zero-order valence-electron chi connectivity index (χ0n) is 12.3. The average Bonchev–Trinajstić information content (AvgIpc) is 2.89. The van der Waals surface area contributed by atoms with Gasteiger partial charge in [-0.3, -0.25) is 10.7 Å². The molecule has 114 valence electrons. The van der Waals surface area contributed by atoms with Crippen molar-refractivity contribution in [1.82, 2.24) is 15.2 Å². The molecular formula is C15H21FN4O. The van der Waals surface area contributed by atoms with Crippen LogP contribution in [0.4, 0.5) is 4.39 Å². The first-order chi connectivity index (χ1) is 10.1. The first kappa shape index (κ1) is 14.5. The molecule has 5 nitrogen and oxygen atoms in total. The summed E-state index contributed by atoms with van der Waals surface area (Å²) >= 11 is 0. The summed E-state index contributed by atoms with van der Waals surface area (Å²) in [5.41, 5.74) is 3.13. The summed E-state index contributed by atoms with van der Waals surface area (Å²) in [5.74, 6) is 6.08. The Morgan fingerprint density at radius 2 is 2.19 bits per heavy atom. The van der Waals surface area contributed by atoms with E-state index in [0.717, 1.165) is 25.0 Å². The van der Waals surface area contributed by atoms with Crippen molar-refractivity contribution in [2.75, 3.05) is 33.7 Å². The molecule has 1 aromatic heterocycles. The molecule has 0 bridgehead atoms. The molecule has 1 saturated heterocycles.